The molecule has 1 heterocycles. The number of hydrogen-bond donors (Lipinski definition) is 0. The summed E-state index contributed by atoms with van der Waals surface area (Å²) in [4.78, 5) is 0. The summed E-state index contributed by atoms with van der Waals surface area (Å²) in [6.45, 7) is 1.78. The van der Waals surface area contributed by atoms with E-state index in [0.717, 1.165) is 27.8 Å². The summed E-state index contributed by atoms with van der Waals surface area (Å²) in [5.41, 5.74) is 5.03. The summed E-state index contributed by atoms with van der Waals surface area (Å²) in [5.74, 6) is 1.93. The van der Waals surface area contributed by atoms with Gasteiger partial charge in [0.2, 0.25) is 0 Å². The van der Waals surface area contributed by atoms with Gasteiger partial charge in [0.25, 0.3) is 0 Å². The number of ether oxygens (including phenoxy) is 7. The molecule has 1 saturated heterocycles. The number of methoxy groups -OCH3 is 2. The Bertz CT molecular complexity index is 1720. The van der Waals surface area contributed by atoms with Crippen molar-refractivity contribution in [1.29, 1.82) is 0 Å². The van der Waals surface area contributed by atoms with Crippen LogP contribution in [-0.2, 0) is 50.1 Å². The van der Waals surface area contributed by atoms with Crippen LogP contribution in [0.15, 0.2) is 145 Å². The van der Waals surface area contributed by atoms with Crippen molar-refractivity contribution in [1.82, 2.24) is 0 Å². The van der Waals surface area contributed by atoms with Gasteiger partial charge in [0.1, 0.15) is 35.6 Å². The molecule has 5 aromatic rings. The summed E-state index contributed by atoms with van der Waals surface area (Å²) in [6, 6.07) is 46.2. The smallest absolute Gasteiger partial charge is 0.150 e. The minimum atomic E-state index is -0.623. The van der Waals surface area contributed by atoms with Gasteiger partial charge in [0.05, 0.1) is 47.3 Å². The van der Waals surface area contributed by atoms with Crippen LogP contribution in [0.1, 0.15) is 27.8 Å². The van der Waals surface area contributed by atoms with Crippen molar-refractivity contribution in [3.05, 3.63) is 173 Å². The van der Waals surface area contributed by atoms with Crippen LogP contribution in [0.3, 0.4) is 0 Å². The van der Waals surface area contributed by atoms with Crippen LogP contribution in [0.4, 0.5) is 0 Å². The minimum Gasteiger partial charge on any atom is -0.497 e. The van der Waals surface area contributed by atoms with Crippen molar-refractivity contribution in [3.63, 3.8) is 0 Å². The SMILES string of the molecule is COc1cc(/C=C2\OC(COCc3ccccc3)C(OCc3ccccc3)C(OCc3ccccc3)C2OCc2ccccc2)cc(OC)c1. The van der Waals surface area contributed by atoms with Crippen LogP contribution < -0.4 is 9.47 Å². The summed E-state index contributed by atoms with van der Waals surface area (Å²) >= 11 is 0. The molecular formula is C43H44O7. The molecule has 0 bridgehead atoms. The highest BCUT2D eigenvalue weighted by Crippen LogP contribution is 2.35. The fourth-order valence-electron chi connectivity index (χ4n) is 5.90. The second kappa shape index (κ2) is 18.2. The molecule has 0 radical (unpaired) electrons. The Hall–Kier alpha value is -4.92. The number of hydrogen-bond acceptors (Lipinski definition) is 7. The van der Waals surface area contributed by atoms with E-state index in [1.807, 2.05) is 121 Å². The second-order valence-electron chi connectivity index (χ2n) is 12.1. The van der Waals surface area contributed by atoms with Crippen molar-refractivity contribution in [2.75, 3.05) is 20.8 Å². The van der Waals surface area contributed by atoms with Gasteiger partial charge in [0, 0.05) is 6.07 Å². The zero-order valence-electron chi connectivity index (χ0n) is 28.6. The third-order valence-electron chi connectivity index (χ3n) is 8.48. The number of benzene rings is 5. The maximum atomic E-state index is 6.88. The van der Waals surface area contributed by atoms with E-state index in [1.165, 1.54) is 0 Å². The van der Waals surface area contributed by atoms with Gasteiger partial charge in [-0.2, -0.15) is 0 Å². The molecule has 1 aliphatic rings. The Morgan fingerprint density at radius 1 is 0.520 bits per heavy atom. The third-order valence-corrected chi connectivity index (χ3v) is 8.48. The lowest BCUT2D eigenvalue weighted by atomic mass is 9.95. The van der Waals surface area contributed by atoms with E-state index in [9.17, 15) is 0 Å². The van der Waals surface area contributed by atoms with Crippen molar-refractivity contribution in [2.45, 2.75) is 50.8 Å². The maximum absolute atomic E-state index is 6.88. The van der Waals surface area contributed by atoms with E-state index < -0.39 is 24.4 Å². The Labute approximate surface area is 295 Å². The van der Waals surface area contributed by atoms with Gasteiger partial charge in [-0.1, -0.05) is 121 Å². The van der Waals surface area contributed by atoms with Crippen molar-refractivity contribution < 1.29 is 33.2 Å². The lowest BCUT2D eigenvalue weighted by molar-refractivity contribution is -0.222. The topological polar surface area (TPSA) is 64.6 Å². The predicted molar refractivity (Wildman–Crippen MR) is 194 cm³/mol. The molecule has 0 N–H and O–H groups in total. The summed E-state index contributed by atoms with van der Waals surface area (Å²) in [6.07, 6.45) is -0.259. The fraction of sp³-hybridized carbons (Fsp3) is 0.256. The first-order valence-corrected chi connectivity index (χ1v) is 16.9. The summed E-state index contributed by atoms with van der Waals surface area (Å²) in [7, 11) is 3.27. The molecule has 5 aromatic carbocycles. The minimum absolute atomic E-state index is 0.268. The second-order valence-corrected chi connectivity index (χ2v) is 12.1. The molecule has 0 amide bonds. The molecule has 0 aliphatic carbocycles. The molecular weight excluding hydrogens is 628 g/mol. The lowest BCUT2D eigenvalue weighted by Gasteiger charge is -2.43. The van der Waals surface area contributed by atoms with Crippen LogP contribution in [0.25, 0.3) is 6.08 Å². The molecule has 0 aromatic heterocycles. The maximum Gasteiger partial charge on any atom is 0.150 e. The Morgan fingerprint density at radius 3 is 1.44 bits per heavy atom. The van der Waals surface area contributed by atoms with Crippen LogP contribution in [0.5, 0.6) is 11.5 Å². The predicted octanol–water partition coefficient (Wildman–Crippen LogP) is 8.42. The molecule has 4 unspecified atom stereocenters. The van der Waals surface area contributed by atoms with E-state index in [4.69, 9.17) is 33.2 Å². The van der Waals surface area contributed by atoms with Crippen LogP contribution in [0.2, 0.25) is 0 Å². The molecule has 7 nitrogen and oxygen atoms in total. The van der Waals surface area contributed by atoms with Crippen molar-refractivity contribution in [2.24, 2.45) is 0 Å². The lowest BCUT2D eigenvalue weighted by Crippen LogP contribution is -2.56. The quantitative estimate of drug-likeness (QED) is 0.104. The van der Waals surface area contributed by atoms with E-state index in [1.54, 1.807) is 14.2 Å². The molecule has 0 spiro atoms. The molecule has 1 aliphatic heterocycles. The monoisotopic (exact) mass is 672 g/mol. The van der Waals surface area contributed by atoms with Gasteiger partial charge < -0.3 is 33.2 Å². The summed E-state index contributed by atoms with van der Waals surface area (Å²) in [5, 5.41) is 0. The van der Waals surface area contributed by atoms with Crippen LogP contribution in [-0.4, -0.2) is 45.2 Å². The summed E-state index contributed by atoms with van der Waals surface area (Å²) < 4.78 is 44.8. The van der Waals surface area contributed by atoms with Gasteiger partial charge in [-0.15, -0.1) is 0 Å². The Morgan fingerprint density at radius 2 is 0.960 bits per heavy atom. The average molecular weight is 673 g/mol. The van der Waals surface area contributed by atoms with Crippen molar-refractivity contribution in [3.8, 4) is 11.5 Å². The van der Waals surface area contributed by atoms with Gasteiger partial charge in [-0.25, -0.2) is 0 Å². The first kappa shape index (κ1) is 34.9. The molecule has 0 saturated carbocycles. The van der Waals surface area contributed by atoms with Gasteiger partial charge >= 0.3 is 0 Å². The molecule has 7 heteroatoms. The van der Waals surface area contributed by atoms with E-state index in [-0.39, 0.29) is 6.61 Å². The largest absolute Gasteiger partial charge is 0.497 e. The van der Waals surface area contributed by atoms with Crippen LogP contribution in [0, 0.1) is 0 Å². The first-order chi connectivity index (χ1) is 24.7. The molecule has 50 heavy (non-hydrogen) atoms. The first-order valence-electron chi connectivity index (χ1n) is 16.9. The van der Waals surface area contributed by atoms with Gasteiger partial charge in [-0.05, 0) is 46.0 Å². The third kappa shape index (κ3) is 9.83. The Balaban J connectivity index is 1.38. The highest BCUT2D eigenvalue weighted by molar-refractivity contribution is 5.58. The zero-order valence-corrected chi connectivity index (χ0v) is 28.6. The molecule has 1 fully saturated rings. The molecule has 258 valence electrons. The fourth-order valence-corrected chi connectivity index (χ4v) is 5.90. The number of rotatable bonds is 16. The van der Waals surface area contributed by atoms with Gasteiger partial charge in [0.15, 0.2) is 6.10 Å². The Kier molecular flexibility index (Phi) is 12.7. The average Bonchev–Trinajstić information content (AvgIpc) is 3.17. The van der Waals surface area contributed by atoms with E-state index in [2.05, 4.69) is 24.3 Å². The zero-order chi connectivity index (χ0) is 34.4. The highest BCUT2D eigenvalue weighted by Gasteiger charge is 2.46. The normalized spacial score (nSPS) is 19.5. The van der Waals surface area contributed by atoms with Gasteiger partial charge in [-0.3, -0.25) is 0 Å². The van der Waals surface area contributed by atoms with E-state index >= 15 is 0 Å². The van der Waals surface area contributed by atoms with Crippen LogP contribution >= 0.6 is 0 Å². The molecule has 6 rings (SSSR count). The standard InChI is InChI=1S/C43H44O7/c1-44-37-23-36(24-38(26-37)45-2)25-39-41(47-28-33-17-9-4-10-18-33)43(49-30-35-21-13-6-14-22-35)42(48-29-34-19-11-5-12-20-34)40(50-39)31-46-27-32-15-7-3-8-16-32/h3-26,40-43H,27-31H2,1-2H3/b39-25-. The van der Waals surface area contributed by atoms with E-state index in [0.29, 0.717) is 43.7 Å². The van der Waals surface area contributed by atoms with Crippen molar-refractivity contribution >= 4 is 6.08 Å². The molecule has 4 atom stereocenters. The highest BCUT2D eigenvalue weighted by atomic mass is 16.6.